The number of esters is 1. The summed E-state index contributed by atoms with van der Waals surface area (Å²) in [6, 6.07) is 5.48. The topological polar surface area (TPSA) is 93.8 Å². The van der Waals surface area contributed by atoms with Crippen molar-refractivity contribution in [1.29, 1.82) is 0 Å². The first-order chi connectivity index (χ1) is 9.93. The number of amidine groups is 1. The molecule has 2 rings (SSSR count). The highest BCUT2D eigenvalue weighted by Crippen LogP contribution is 2.32. The molecule has 1 aromatic rings. The maximum Gasteiger partial charge on any atom is 0.338 e. The Labute approximate surface area is 121 Å². The third kappa shape index (κ3) is 2.91. The van der Waals surface area contributed by atoms with Crippen LogP contribution in [0, 0.1) is 10.1 Å². The summed E-state index contributed by atoms with van der Waals surface area (Å²) >= 11 is 0. The van der Waals surface area contributed by atoms with E-state index in [1.807, 2.05) is 0 Å². The molecule has 21 heavy (non-hydrogen) atoms. The highest BCUT2D eigenvalue weighted by Gasteiger charge is 2.29. The van der Waals surface area contributed by atoms with Gasteiger partial charge in [-0.15, -0.1) is 0 Å². The van der Waals surface area contributed by atoms with Crippen LogP contribution in [0.1, 0.15) is 25.5 Å². The molecule has 0 saturated heterocycles. The van der Waals surface area contributed by atoms with Crippen LogP contribution in [0.4, 0.5) is 5.69 Å². The van der Waals surface area contributed by atoms with Gasteiger partial charge in [0.25, 0.3) is 5.69 Å². The van der Waals surface area contributed by atoms with Gasteiger partial charge in [-0.1, -0.05) is 12.1 Å². The Bertz CT molecular complexity index is 664. The molecule has 1 aromatic carbocycles. The van der Waals surface area contributed by atoms with E-state index >= 15 is 0 Å². The first kappa shape index (κ1) is 14.7. The average molecular weight is 289 g/mol. The molecule has 1 aliphatic heterocycles. The van der Waals surface area contributed by atoms with Crippen molar-refractivity contribution in [2.75, 3.05) is 7.11 Å². The minimum absolute atomic E-state index is 0.0410. The van der Waals surface area contributed by atoms with E-state index in [-0.39, 0.29) is 5.69 Å². The summed E-state index contributed by atoms with van der Waals surface area (Å²) in [4.78, 5) is 26.8. The quantitative estimate of drug-likeness (QED) is 0.522. The summed E-state index contributed by atoms with van der Waals surface area (Å²) in [6.07, 6.45) is 0. The smallest absolute Gasteiger partial charge is 0.338 e. The van der Waals surface area contributed by atoms with Crippen LogP contribution >= 0.6 is 0 Å². The Hall–Kier alpha value is -2.70. The van der Waals surface area contributed by atoms with Crippen molar-refractivity contribution in [2.24, 2.45) is 4.99 Å². The molecule has 7 heteroatoms. The first-order valence-corrected chi connectivity index (χ1v) is 6.29. The minimum Gasteiger partial charge on any atom is -0.466 e. The molecule has 0 spiro atoms. The van der Waals surface area contributed by atoms with Gasteiger partial charge in [0, 0.05) is 17.8 Å². The van der Waals surface area contributed by atoms with Crippen LogP contribution in [-0.4, -0.2) is 23.8 Å². The number of nitrogens with one attached hydrogen (secondary N) is 1. The van der Waals surface area contributed by atoms with Crippen molar-refractivity contribution in [3.63, 3.8) is 0 Å². The lowest BCUT2D eigenvalue weighted by Gasteiger charge is -2.24. The van der Waals surface area contributed by atoms with E-state index in [9.17, 15) is 14.9 Å². The normalized spacial score (nSPS) is 17.9. The van der Waals surface area contributed by atoms with E-state index < -0.39 is 16.9 Å². The summed E-state index contributed by atoms with van der Waals surface area (Å²) in [6.45, 7) is 3.51. The van der Waals surface area contributed by atoms with Gasteiger partial charge in [0.1, 0.15) is 6.04 Å². The summed E-state index contributed by atoms with van der Waals surface area (Å²) in [7, 11) is 1.29. The zero-order valence-corrected chi connectivity index (χ0v) is 11.9. The largest absolute Gasteiger partial charge is 0.466 e. The zero-order chi connectivity index (χ0) is 15.6. The second-order valence-corrected chi connectivity index (χ2v) is 4.62. The molecule has 0 fully saturated rings. The molecule has 1 heterocycles. The van der Waals surface area contributed by atoms with Crippen LogP contribution in [0.2, 0.25) is 0 Å². The second kappa shape index (κ2) is 5.74. The fraction of sp³-hybridized carbons (Fsp3) is 0.286. The van der Waals surface area contributed by atoms with Gasteiger partial charge < -0.3 is 10.1 Å². The third-order valence-corrected chi connectivity index (χ3v) is 3.17. The van der Waals surface area contributed by atoms with Crippen molar-refractivity contribution in [3.8, 4) is 0 Å². The van der Waals surface area contributed by atoms with Gasteiger partial charge in [-0.25, -0.2) is 4.79 Å². The van der Waals surface area contributed by atoms with Crippen LogP contribution in [0.15, 0.2) is 40.5 Å². The van der Waals surface area contributed by atoms with Crippen LogP contribution in [-0.2, 0) is 9.53 Å². The number of benzene rings is 1. The van der Waals surface area contributed by atoms with Crippen molar-refractivity contribution in [1.82, 2.24) is 5.32 Å². The number of hydrogen-bond donors (Lipinski definition) is 1. The average Bonchev–Trinajstić information content (AvgIpc) is 2.45. The monoisotopic (exact) mass is 289 g/mol. The summed E-state index contributed by atoms with van der Waals surface area (Å²) < 4.78 is 4.78. The van der Waals surface area contributed by atoms with Crippen LogP contribution in [0.5, 0.6) is 0 Å². The van der Waals surface area contributed by atoms with Crippen molar-refractivity contribution in [2.45, 2.75) is 19.9 Å². The second-order valence-electron chi connectivity index (χ2n) is 4.62. The summed E-state index contributed by atoms with van der Waals surface area (Å²) in [5.74, 6) is 0.129. The molecule has 7 nitrogen and oxygen atoms in total. The lowest BCUT2D eigenvalue weighted by molar-refractivity contribution is -0.384. The summed E-state index contributed by atoms with van der Waals surface area (Å²) in [5, 5.41) is 13.9. The number of nitrogens with zero attached hydrogens (tertiary/aromatic N) is 2. The van der Waals surface area contributed by atoms with Gasteiger partial charge in [-0.2, -0.15) is 0 Å². The van der Waals surface area contributed by atoms with Crippen molar-refractivity contribution in [3.05, 3.63) is 51.2 Å². The third-order valence-electron chi connectivity index (χ3n) is 3.17. The van der Waals surface area contributed by atoms with Gasteiger partial charge in [0.15, 0.2) is 0 Å². The fourth-order valence-electron chi connectivity index (χ4n) is 2.26. The van der Waals surface area contributed by atoms with E-state index in [2.05, 4.69) is 10.3 Å². The molecule has 0 bridgehead atoms. The standard InChI is InChI=1S/C14H15N3O4/c1-8-12(14(18)21-3)13(16-9(2)15-8)10-5-4-6-11(7-10)17(19)20/h4-7,13H,1-3H3,(H,15,16). The van der Waals surface area contributed by atoms with Gasteiger partial charge >= 0.3 is 5.97 Å². The molecular weight excluding hydrogens is 274 g/mol. The van der Waals surface area contributed by atoms with Gasteiger partial charge in [0.05, 0.1) is 23.4 Å². The Morgan fingerprint density at radius 1 is 1.43 bits per heavy atom. The number of aliphatic imine (C=N–C) groups is 1. The van der Waals surface area contributed by atoms with E-state index in [0.717, 1.165) is 0 Å². The SMILES string of the molecule is COC(=O)C1=C(C)NC(C)=NC1c1cccc([N+](=O)[O-])c1. The molecule has 0 radical (unpaired) electrons. The number of nitro benzene ring substituents is 1. The lowest BCUT2D eigenvalue weighted by atomic mass is 9.96. The maximum atomic E-state index is 12.0. The van der Waals surface area contributed by atoms with Crippen molar-refractivity contribution < 1.29 is 14.5 Å². The molecule has 1 aliphatic rings. The molecular formula is C14H15N3O4. The number of methoxy groups -OCH3 is 1. The minimum atomic E-state index is -0.612. The Kier molecular flexibility index (Phi) is 4.02. The lowest BCUT2D eigenvalue weighted by Crippen LogP contribution is -2.30. The highest BCUT2D eigenvalue weighted by molar-refractivity contribution is 5.95. The molecule has 0 saturated carbocycles. The Morgan fingerprint density at radius 2 is 2.14 bits per heavy atom. The zero-order valence-electron chi connectivity index (χ0n) is 11.9. The fourth-order valence-corrected chi connectivity index (χ4v) is 2.26. The number of allylic oxidation sites excluding steroid dienone is 1. The molecule has 1 N–H and O–H groups in total. The number of ether oxygens (including phenoxy) is 1. The highest BCUT2D eigenvalue weighted by atomic mass is 16.6. The van der Waals surface area contributed by atoms with E-state index in [1.165, 1.54) is 19.2 Å². The van der Waals surface area contributed by atoms with Crippen LogP contribution < -0.4 is 5.32 Å². The number of non-ortho nitro benzene ring substituents is 1. The van der Waals surface area contributed by atoms with E-state index in [0.29, 0.717) is 22.7 Å². The Morgan fingerprint density at radius 3 is 2.76 bits per heavy atom. The Balaban J connectivity index is 2.52. The first-order valence-electron chi connectivity index (χ1n) is 6.29. The number of carbonyl (C=O) groups excluding carboxylic acids is 1. The number of hydrogen-bond acceptors (Lipinski definition) is 6. The molecule has 0 aromatic heterocycles. The predicted octanol–water partition coefficient (Wildman–Crippen LogP) is 2.10. The van der Waals surface area contributed by atoms with Crippen LogP contribution in [0.3, 0.4) is 0 Å². The maximum absolute atomic E-state index is 12.0. The number of carbonyl (C=O) groups is 1. The van der Waals surface area contributed by atoms with Crippen molar-refractivity contribution >= 4 is 17.5 Å². The molecule has 0 amide bonds. The molecule has 110 valence electrons. The number of nitro groups is 1. The van der Waals surface area contributed by atoms with E-state index in [4.69, 9.17) is 4.74 Å². The molecule has 1 unspecified atom stereocenters. The van der Waals surface area contributed by atoms with Crippen LogP contribution in [0.25, 0.3) is 0 Å². The predicted molar refractivity (Wildman–Crippen MR) is 76.8 cm³/mol. The van der Waals surface area contributed by atoms with Gasteiger partial charge in [-0.3, -0.25) is 15.1 Å². The molecule has 1 atom stereocenters. The van der Waals surface area contributed by atoms with E-state index in [1.54, 1.807) is 26.0 Å². The summed E-state index contributed by atoms with van der Waals surface area (Å²) in [5.41, 5.74) is 1.51. The van der Waals surface area contributed by atoms with Gasteiger partial charge in [0.2, 0.25) is 0 Å². The number of rotatable bonds is 3. The molecule has 0 aliphatic carbocycles. The van der Waals surface area contributed by atoms with Gasteiger partial charge in [-0.05, 0) is 19.4 Å².